The Balaban J connectivity index is 1.92. The molecule has 1 nitrogen and oxygen atoms in total. The molecule has 2 aromatic rings. The van der Waals surface area contributed by atoms with Crippen molar-refractivity contribution in [3.8, 4) is 0 Å². The Morgan fingerprint density at radius 1 is 1.14 bits per heavy atom. The molecule has 1 heterocycles. The number of hydrogen-bond acceptors (Lipinski definition) is 1. The lowest BCUT2D eigenvalue weighted by Gasteiger charge is -2.33. The second-order valence-corrected chi connectivity index (χ2v) is 6.59. The number of benzene rings is 1. The Hall–Kier alpha value is -1.63. The first-order valence-corrected chi connectivity index (χ1v) is 8.30. The normalized spacial score (nSPS) is 20.7. The molecule has 0 saturated carbocycles. The number of nitrogens with zero attached hydrogens (tertiary/aromatic N) is 1. The summed E-state index contributed by atoms with van der Waals surface area (Å²) >= 11 is 0. The fraction of sp³-hybridized carbons (Fsp3) is 0.450. The van der Waals surface area contributed by atoms with Crippen molar-refractivity contribution < 1.29 is 0 Å². The van der Waals surface area contributed by atoms with Crippen molar-refractivity contribution in [1.29, 1.82) is 0 Å². The van der Waals surface area contributed by atoms with Gasteiger partial charge in [-0.3, -0.25) is 0 Å². The number of rotatable bonds is 5. The van der Waals surface area contributed by atoms with Crippen LogP contribution in [0.5, 0.6) is 0 Å². The summed E-state index contributed by atoms with van der Waals surface area (Å²) in [7, 11) is 0. The summed E-state index contributed by atoms with van der Waals surface area (Å²) in [5.41, 5.74) is 3.99. The van der Waals surface area contributed by atoms with E-state index in [2.05, 4.69) is 56.3 Å². The number of fused-ring (bicyclic) bond motifs is 2. The number of aromatic nitrogens is 1. The molecular weight excluding hydrogens is 254 g/mol. The third kappa shape index (κ3) is 2.88. The van der Waals surface area contributed by atoms with Crippen LogP contribution in [0, 0.1) is 0 Å². The molecule has 0 bridgehead atoms. The standard InChI is InChI=1S/C20H25N/c1-3-4-5-8-13-20(2)14-9-12-19-17(20)15-16-10-6-7-11-18(16)21-19/h6-7,9-12,15H,3-5,8,13-14H2,1-2H3. The van der Waals surface area contributed by atoms with E-state index >= 15 is 0 Å². The average molecular weight is 279 g/mol. The lowest BCUT2D eigenvalue weighted by Crippen LogP contribution is -2.25. The average Bonchev–Trinajstić information content (AvgIpc) is 2.51. The molecule has 0 saturated heterocycles. The Bertz CT molecular complexity index is 656. The van der Waals surface area contributed by atoms with Gasteiger partial charge in [0.25, 0.3) is 0 Å². The minimum Gasteiger partial charge on any atom is -0.248 e. The fourth-order valence-electron chi connectivity index (χ4n) is 3.46. The molecule has 1 aromatic carbocycles. The molecular formula is C20H25N. The summed E-state index contributed by atoms with van der Waals surface area (Å²) in [4.78, 5) is 4.87. The van der Waals surface area contributed by atoms with Crippen molar-refractivity contribution >= 4 is 17.0 Å². The highest BCUT2D eigenvalue weighted by Crippen LogP contribution is 2.40. The van der Waals surface area contributed by atoms with E-state index in [9.17, 15) is 0 Å². The van der Waals surface area contributed by atoms with E-state index in [-0.39, 0.29) is 5.41 Å². The molecule has 1 aliphatic carbocycles. The van der Waals surface area contributed by atoms with Gasteiger partial charge in [0.15, 0.2) is 0 Å². The van der Waals surface area contributed by atoms with Gasteiger partial charge >= 0.3 is 0 Å². The summed E-state index contributed by atoms with van der Waals surface area (Å²) in [5.74, 6) is 0. The van der Waals surface area contributed by atoms with Crippen molar-refractivity contribution in [3.63, 3.8) is 0 Å². The van der Waals surface area contributed by atoms with Crippen LogP contribution in [-0.2, 0) is 5.41 Å². The Labute approximate surface area is 128 Å². The molecule has 0 aliphatic heterocycles. The maximum absolute atomic E-state index is 4.87. The van der Waals surface area contributed by atoms with Gasteiger partial charge in [-0.05, 0) is 42.0 Å². The zero-order valence-electron chi connectivity index (χ0n) is 13.2. The molecule has 1 atom stereocenters. The van der Waals surface area contributed by atoms with Crippen LogP contribution in [0.4, 0.5) is 0 Å². The third-order valence-electron chi connectivity index (χ3n) is 4.83. The summed E-state index contributed by atoms with van der Waals surface area (Å²) in [5, 5.41) is 1.27. The van der Waals surface area contributed by atoms with Crippen LogP contribution in [0.2, 0.25) is 0 Å². The number of para-hydroxylation sites is 1. The first-order chi connectivity index (χ1) is 10.2. The van der Waals surface area contributed by atoms with Crippen molar-refractivity contribution in [3.05, 3.63) is 47.7 Å². The summed E-state index contributed by atoms with van der Waals surface area (Å²) in [6.45, 7) is 4.69. The van der Waals surface area contributed by atoms with Crippen LogP contribution in [0.3, 0.4) is 0 Å². The van der Waals surface area contributed by atoms with Crippen LogP contribution in [0.25, 0.3) is 17.0 Å². The van der Waals surface area contributed by atoms with Gasteiger partial charge in [-0.2, -0.15) is 0 Å². The first kappa shape index (κ1) is 14.3. The second-order valence-electron chi connectivity index (χ2n) is 6.59. The first-order valence-electron chi connectivity index (χ1n) is 8.30. The van der Waals surface area contributed by atoms with E-state index in [1.807, 2.05) is 0 Å². The maximum Gasteiger partial charge on any atom is 0.0709 e. The zero-order valence-corrected chi connectivity index (χ0v) is 13.2. The quantitative estimate of drug-likeness (QED) is 0.623. The second kappa shape index (κ2) is 6.01. The van der Waals surface area contributed by atoms with Crippen molar-refractivity contribution in [2.24, 2.45) is 0 Å². The SMILES string of the molecule is CCCCCCC1(C)CC=Cc2nc3ccccc3cc21. The van der Waals surface area contributed by atoms with Crippen LogP contribution in [0.15, 0.2) is 36.4 Å². The topological polar surface area (TPSA) is 12.9 Å². The summed E-state index contributed by atoms with van der Waals surface area (Å²) in [6, 6.07) is 10.8. The molecule has 1 aromatic heterocycles. The van der Waals surface area contributed by atoms with Gasteiger partial charge in [0, 0.05) is 5.39 Å². The molecule has 0 fully saturated rings. The van der Waals surface area contributed by atoms with E-state index in [0.717, 1.165) is 11.9 Å². The molecule has 3 rings (SSSR count). The van der Waals surface area contributed by atoms with E-state index in [1.54, 1.807) is 0 Å². The molecule has 110 valence electrons. The summed E-state index contributed by atoms with van der Waals surface area (Å²) < 4.78 is 0. The van der Waals surface area contributed by atoms with Crippen molar-refractivity contribution in [2.45, 2.75) is 57.8 Å². The molecule has 1 unspecified atom stereocenters. The van der Waals surface area contributed by atoms with Gasteiger partial charge in [-0.25, -0.2) is 4.98 Å². The number of pyridine rings is 1. The highest BCUT2D eigenvalue weighted by atomic mass is 14.7. The smallest absolute Gasteiger partial charge is 0.0709 e. The van der Waals surface area contributed by atoms with E-state index < -0.39 is 0 Å². The van der Waals surface area contributed by atoms with Crippen molar-refractivity contribution in [1.82, 2.24) is 4.98 Å². The Morgan fingerprint density at radius 3 is 2.86 bits per heavy atom. The molecule has 1 heteroatoms. The number of allylic oxidation sites excluding steroid dienone is 1. The van der Waals surface area contributed by atoms with Crippen LogP contribution in [-0.4, -0.2) is 4.98 Å². The van der Waals surface area contributed by atoms with Gasteiger partial charge in [0.05, 0.1) is 11.2 Å². The van der Waals surface area contributed by atoms with Crippen LogP contribution in [0.1, 0.15) is 63.6 Å². The molecule has 21 heavy (non-hydrogen) atoms. The third-order valence-corrected chi connectivity index (χ3v) is 4.83. The fourth-order valence-corrected chi connectivity index (χ4v) is 3.46. The minimum absolute atomic E-state index is 0.259. The highest BCUT2D eigenvalue weighted by molar-refractivity contribution is 5.81. The zero-order chi connectivity index (χ0) is 14.7. The van der Waals surface area contributed by atoms with Gasteiger partial charge in [0.1, 0.15) is 0 Å². The Morgan fingerprint density at radius 2 is 2.00 bits per heavy atom. The molecule has 0 radical (unpaired) electrons. The van der Waals surface area contributed by atoms with Gasteiger partial charge in [-0.15, -0.1) is 0 Å². The molecule has 0 spiro atoms. The van der Waals surface area contributed by atoms with E-state index in [1.165, 1.54) is 48.7 Å². The lowest BCUT2D eigenvalue weighted by molar-refractivity contribution is 0.408. The molecule has 0 N–H and O–H groups in total. The van der Waals surface area contributed by atoms with Gasteiger partial charge in [-0.1, -0.05) is 63.8 Å². The largest absolute Gasteiger partial charge is 0.248 e. The van der Waals surface area contributed by atoms with Gasteiger partial charge < -0.3 is 0 Å². The molecule has 1 aliphatic rings. The molecule has 0 amide bonds. The Kier molecular flexibility index (Phi) is 4.10. The van der Waals surface area contributed by atoms with E-state index in [4.69, 9.17) is 4.98 Å². The highest BCUT2D eigenvalue weighted by Gasteiger charge is 2.30. The number of hydrogen-bond donors (Lipinski definition) is 0. The van der Waals surface area contributed by atoms with E-state index in [0.29, 0.717) is 0 Å². The van der Waals surface area contributed by atoms with Gasteiger partial charge in [0.2, 0.25) is 0 Å². The number of unbranched alkanes of at least 4 members (excludes halogenated alkanes) is 3. The minimum atomic E-state index is 0.259. The van der Waals surface area contributed by atoms with Crippen LogP contribution < -0.4 is 0 Å². The lowest BCUT2D eigenvalue weighted by atomic mass is 9.72. The van der Waals surface area contributed by atoms with Crippen molar-refractivity contribution in [2.75, 3.05) is 0 Å². The maximum atomic E-state index is 4.87. The van der Waals surface area contributed by atoms with Crippen LogP contribution >= 0.6 is 0 Å². The summed E-state index contributed by atoms with van der Waals surface area (Å²) in [6.07, 6.45) is 12.3. The predicted octanol–water partition coefficient (Wildman–Crippen LogP) is 5.88. The predicted molar refractivity (Wildman–Crippen MR) is 91.5 cm³/mol. The monoisotopic (exact) mass is 279 g/mol.